The van der Waals surface area contributed by atoms with Crippen LogP contribution in [0, 0.1) is 11.8 Å². The van der Waals surface area contributed by atoms with Crippen molar-refractivity contribution >= 4 is 17.7 Å². The maximum Gasteiger partial charge on any atom is 0.255 e. The minimum atomic E-state index is -2.49. The lowest BCUT2D eigenvalue weighted by atomic mass is 9.75. The van der Waals surface area contributed by atoms with Crippen LogP contribution in [0.2, 0.25) is 0 Å². The highest BCUT2D eigenvalue weighted by atomic mass is 19.3. The Labute approximate surface area is 198 Å². The molecule has 0 bridgehead atoms. The zero-order chi connectivity index (χ0) is 24.0. The molecule has 1 unspecified atom stereocenters. The first-order valence-corrected chi connectivity index (χ1v) is 12.6. The van der Waals surface area contributed by atoms with Crippen LogP contribution in [0.15, 0.2) is 18.2 Å². The Morgan fingerprint density at radius 2 is 1.91 bits per heavy atom. The van der Waals surface area contributed by atoms with Gasteiger partial charge in [0.25, 0.3) is 5.91 Å². The average Bonchev–Trinajstić information content (AvgIpc) is 3.09. The van der Waals surface area contributed by atoms with E-state index in [-0.39, 0.29) is 43.0 Å². The topological polar surface area (TPSA) is 78.5 Å². The largest absolute Gasteiger partial charge is 0.322 e. The number of piperidine rings is 1. The van der Waals surface area contributed by atoms with E-state index in [0.29, 0.717) is 30.5 Å². The van der Waals surface area contributed by atoms with E-state index in [0.717, 1.165) is 31.2 Å². The van der Waals surface area contributed by atoms with E-state index in [9.17, 15) is 23.2 Å². The number of benzene rings is 1. The molecular weight excluding hydrogens is 440 g/mol. The predicted octanol–water partition coefficient (Wildman–Crippen LogP) is 3.57. The first-order valence-electron chi connectivity index (χ1n) is 12.6. The number of rotatable bonds is 6. The van der Waals surface area contributed by atoms with Crippen LogP contribution in [0.3, 0.4) is 0 Å². The van der Waals surface area contributed by atoms with Crippen LogP contribution in [0.4, 0.5) is 8.78 Å². The van der Waals surface area contributed by atoms with Gasteiger partial charge in [-0.05, 0) is 61.6 Å². The summed E-state index contributed by atoms with van der Waals surface area (Å²) in [6, 6.07) is 5.75. The van der Waals surface area contributed by atoms with Gasteiger partial charge in [0, 0.05) is 43.5 Å². The number of carbonyl (C=O) groups excluding carboxylic acids is 3. The van der Waals surface area contributed by atoms with E-state index in [1.165, 1.54) is 12.0 Å². The standard InChI is InChI=1S/C26H33F2N3O3/c1-15(19-12-26(27,28)13-19)29-21-5-3-2-4-17(21)10-16-6-7-20-18(11-16)14-31(25(20)34)22-8-9-23(32)30-24(22)33/h6-7,11,15,17,19,21-22,29H,2-5,8-10,12-14H2,1H3,(H,30,32,33)/t15-,17-,21+,22?/m1/s1. The summed E-state index contributed by atoms with van der Waals surface area (Å²) in [4.78, 5) is 38.3. The summed E-state index contributed by atoms with van der Waals surface area (Å²) in [6.07, 6.45) is 5.95. The third kappa shape index (κ3) is 4.61. The molecule has 5 rings (SSSR count). The fourth-order valence-corrected chi connectivity index (χ4v) is 6.26. The zero-order valence-electron chi connectivity index (χ0n) is 19.6. The Morgan fingerprint density at radius 3 is 2.65 bits per heavy atom. The Balaban J connectivity index is 1.24. The molecule has 2 N–H and O–H groups in total. The highest BCUT2D eigenvalue weighted by molar-refractivity contribution is 6.05. The third-order valence-corrected chi connectivity index (χ3v) is 8.30. The summed E-state index contributed by atoms with van der Waals surface area (Å²) in [7, 11) is 0. The molecule has 4 aliphatic rings. The van der Waals surface area contributed by atoms with Crippen molar-refractivity contribution in [3.63, 3.8) is 0 Å². The fraction of sp³-hybridized carbons (Fsp3) is 0.654. The maximum absolute atomic E-state index is 13.3. The minimum absolute atomic E-state index is 0.0128. The van der Waals surface area contributed by atoms with Gasteiger partial charge in [0.15, 0.2) is 0 Å². The molecule has 2 aliphatic heterocycles. The van der Waals surface area contributed by atoms with Gasteiger partial charge < -0.3 is 10.2 Å². The Hall–Kier alpha value is -2.35. The summed E-state index contributed by atoms with van der Waals surface area (Å²) >= 11 is 0. The lowest BCUT2D eigenvalue weighted by Crippen LogP contribution is -2.52. The lowest BCUT2D eigenvalue weighted by molar-refractivity contribution is -0.136. The van der Waals surface area contributed by atoms with Crippen LogP contribution in [0.25, 0.3) is 0 Å². The predicted molar refractivity (Wildman–Crippen MR) is 122 cm³/mol. The number of amides is 3. The van der Waals surface area contributed by atoms with Gasteiger partial charge in [-0.15, -0.1) is 0 Å². The van der Waals surface area contributed by atoms with Gasteiger partial charge in [0.1, 0.15) is 6.04 Å². The molecule has 4 atom stereocenters. The number of fused-ring (bicyclic) bond motifs is 1. The molecule has 0 aromatic heterocycles. The number of nitrogens with zero attached hydrogens (tertiary/aromatic N) is 1. The van der Waals surface area contributed by atoms with Crippen molar-refractivity contribution < 1.29 is 23.2 Å². The van der Waals surface area contributed by atoms with Gasteiger partial charge in [-0.2, -0.15) is 0 Å². The molecule has 184 valence electrons. The first-order chi connectivity index (χ1) is 16.2. The number of imide groups is 1. The molecule has 1 aromatic rings. The van der Waals surface area contributed by atoms with E-state index in [2.05, 4.69) is 16.7 Å². The minimum Gasteiger partial charge on any atom is -0.322 e. The van der Waals surface area contributed by atoms with Gasteiger partial charge >= 0.3 is 0 Å². The van der Waals surface area contributed by atoms with Gasteiger partial charge in [-0.25, -0.2) is 8.78 Å². The summed E-state index contributed by atoms with van der Waals surface area (Å²) in [6.45, 7) is 2.42. The molecule has 1 aromatic carbocycles. The highest BCUT2D eigenvalue weighted by Gasteiger charge is 2.47. The molecule has 1 saturated heterocycles. The van der Waals surface area contributed by atoms with Crippen molar-refractivity contribution in [3.8, 4) is 0 Å². The number of halogens is 2. The van der Waals surface area contributed by atoms with E-state index in [1.54, 1.807) is 4.90 Å². The van der Waals surface area contributed by atoms with Gasteiger partial charge in [-0.1, -0.05) is 25.0 Å². The molecule has 0 radical (unpaired) electrons. The molecule has 3 amide bonds. The summed E-state index contributed by atoms with van der Waals surface area (Å²) in [5.41, 5.74) is 2.72. The molecule has 2 heterocycles. The number of hydrogen-bond acceptors (Lipinski definition) is 4. The van der Waals surface area contributed by atoms with Crippen LogP contribution in [0.1, 0.15) is 79.8 Å². The highest BCUT2D eigenvalue weighted by Crippen LogP contribution is 2.44. The van der Waals surface area contributed by atoms with E-state index in [4.69, 9.17) is 0 Å². The fourth-order valence-electron chi connectivity index (χ4n) is 6.26. The number of carbonyl (C=O) groups is 3. The summed E-state index contributed by atoms with van der Waals surface area (Å²) < 4.78 is 26.6. The molecule has 0 spiro atoms. The molecule has 2 saturated carbocycles. The van der Waals surface area contributed by atoms with Crippen LogP contribution >= 0.6 is 0 Å². The average molecular weight is 474 g/mol. The Morgan fingerprint density at radius 1 is 1.15 bits per heavy atom. The van der Waals surface area contributed by atoms with Crippen molar-refractivity contribution in [3.05, 3.63) is 34.9 Å². The Bertz CT molecular complexity index is 990. The molecule has 3 fully saturated rings. The monoisotopic (exact) mass is 473 g/mol. The first kappa shape index (κ1) is 23.4. The second-order valence-corrected chi connectivity index (χ2v) is 10.7. The smallest absolute Gasteiger partial charge is 0.255 e. The molecule has 34 heavy (non-hydrogen) atoms. The lowest BCUT2D eigenvalue weighted by Gasteiger charge is -2.42. The van der Waals surface area contributed by atoms with Gasteiger partial charge in [-0.3, -0.25) is 19.7 Å². The van der Waals surface area contributed by atoms with E-state index < -0.39 is 17.9 Å². The molecule has 2 aliphatic carbocycles. The second kappa shape index (κ2) is 9.02. The van der Waals surface area contributed by atoms with Gasteiger partial charge in [0.2, 0.25) is 17.7 Å². The number of nitrogens with one attached hydrogen (secondary N) is 2. The van der Waals surface area contributed by atoms with Crippen LogP contribution in [-0.4, -0.2) is 46.7 Å². The van der Waals surface area contributed by atoms with Gasteiger partial charge in [0.05, 0.1) is 0 Å². The van der Waals surface area contributed by atoms with Crippen molar-refractivity contribution in [2.75, 3.05) is 0 Å². The summed E-state index contributed by atoms with van der Waals surface area (Å²) in [5.74, 6) is -2.86. The molecule has 6 nitrogen and oxygen atoms in total. The van der Waals surface area contributed by atoms with Crippen molar-refractivity contribution in [1.82, 2.24) is 15.5 Å². The maximum atomic E-state index is 13.3. The number of hydrogen-bond donors (Lipinski definition) is 2. The third-order valence-electron chi connectivity index (χ3n) is 8.30. The van der Waals surface area contributed by atoms with Crippen LogP contribution < -0.4 is 10.6 Å². The van der Waals surface area contributed by atoms with Crippen molar-refractivity contribution in [2.45, 2.75) is 95.3 Å². The summed E-state index contributed by atoms with van der Waals surface area (Å²) in [5, 5.41) is 6.02. The zero-order valence-corrected chi connectivity index (χ0v) is 19.6. The van der Waals surface area contributed by atoms with E-state index >= 15 is 0 Å². The normalized spacial score (nSPS) is 30.0. The molecular formula is C26H33F2N3O3. The van der Waals surface area contributed by atoms with E-state index in [1.807, 2.05) is 19.1 Å². The molecule has 8 heteroatoms. The quantitative estimate of drug-likeness (QED) is 0.620. The van der Waals surface area contributed by atoms with Crippen LogP contribution in [-0.2, 0) is 22.6 Å². The SMILES string of the molecule is C[C@@H](N[C@H]1CCCC[C@@H]1Cc1ccc2c(c1)CN(C1CCC(=O)NC1=O)C2=O)C1CC(F)(F)C1. The number of alkyl halides is 2. The Kier molecular flexibility index (Phi) is 6.21. The van der Waals surface area contributed by atoms with Crippen molar-refractivity contribution in [1.29, 1.82) is 0 Å². The van der Waals surface area contributed by atoms with Crippen LogP contribution in [0.5, 0.6) is 0 Å². The second-order valence-electron chi connectivity index (χ2n) is 10.7. The van der Waals surface area contributed by atoms with Crippen molar-refractivity contribution in [2.24, 2.45) is 11.8 Å².